The molecule has 36 heavy (non-hydrogen) atoms. The van der Waals surface area contributed by atoms with E-state index < -0.39 is 6.04 Å². The third-order valence-corrected chi connectivity index (χ3v) is 6.72. The summed E-state index contributed by atoms with van der Waals surface area (Å²) in [6.45, 7) is 9.35. The zero-order valence-electron chi connectivity index (χ0n) is 20.5. The van der Waals surface area contributed by atoms with E-state index in [4.69, 9.17) is 4.74 Å². The van der Waals surface area contributed by atoms with Crippen molar-refractivity contribution in [3.8, 4) is 5.75 Å². The lowest BCUT2D eigenvalue weighted by atomic mass is 10.0. The number of fused-ring (bicyclic) bond motifs is 1. The second kappa shape index (κ2) is 10.5. The van der Waals surface area contributed by atoms with Crippen molar-refractivity contribution in [2.45, 2.75) is 26.4 Å². The number of nitrogens with zero attached hydrogens (tertiary/aromatic N) is 6. The molecule has 0 saturated carbocycles. The van der Waals surface area contributed by atoms with Gasteiger partial charge in [-0.2, -0.15) is 0 Å². The first-order chi connectivity index (χ1) is 17.6. The summed E-state index contributed by atoms with van der Waals surface area (Å²) in [6.07, 6.45) is 0. The van der Waals surface area contributed by atoms with Crippen molar-refractivity contribution in [1.82, 2.24) is 35.0 Å². The lowest BCUT2D eigenvalue weighted by molar-refractivity contribution is 0.108. The summed E-state index contributed by atoms with van der Waals surface area (Å²) in [4.78, 5) is 21.1. The van der Waals surface area contributed by atoms with Crippen molar-refractivity contribution in [3.63, 3.8) is 0 Å². The smallest absolute Gasteiger partial charge is 0.253 e. The molecule has 1 aliphatic heterocycles. The summed E-state index contributed by atoms with van der Waals surface area (Å²) in [5, 5.41) is 13.5. The van der Waals surface area contributed by atoms with Crippen molar-refractivity contribution >= 4 is 10.9 Å². The molecule has 0 radical (unpaired) electrons. The lowest BCUT2D eigenvalue weighted by Crippen LogP contribution is -2.49. The third kappa shape index (κ3) is 5.00. The fraction of sp³-hybridized carbons (Fsp3) is 0.385. The molecule has 0 amide bonds. The van der Waals surface area contributed by atoms with Crippen LogP contribution in [-0.2, 0) is 6.54 Å². The molecule has 0 spiro atoms. The number of rotatable bonds is 8. The maximum Gasteiger partial charge on any atom is 0.253 e. The highest BCUT2D eigenvalue weighted by Gasteiger charge is 2.32. The van der Waals surface area contributed by atoms with Crippen LogP contribution in [0.2, 0.25) is 0 Å². The van der Waals surface area contributed by atoms with E-state index in [1.54, 1.807) is 16.8 Å². The maximum atomic E-state index is 13.4. The zero-order chi connectivity index (χ0) is 25.1. The highest BCUT2D eigenvalue weighted by Crippen LogP contribution is 2.29. The number of piperazine rings is 1. The van der Waals surface area contributed by atoms with Gasteiger partial charge in [-0.3, -0.25) is 9.69 Å². The van der Waals surface area contributed by atoms with Crippen molar-refractivity contribution in [1.29, 1.82) is 0 Å². The van der Waals surface area contributed by atoms with Gasteiger partial charge < -0.3 is 14.6 Å². The van der Waals surface area contributed by atoms with E-state index in [0.29, 0.717) is 24.5 Å². The summed E-state index contributed by atoms with van der Waals surface area (Å²) >= 11 is 0. The van der Waals surface area contributed by atoms with Crippen LogP contribution in [0.1, 0.15) is 36.8 Å². The number of hydrogen-bond acceptors (Lipinski definition) is 7. The third-order valence-electron chi connectivity index (χ3n) is 6.72. The van der Waals surface area contributed by atoms with E-state index in [-0.39, 0.29) is 11.4 Å². The number of H-pyrrole nitrogens is 1. The Bertz CT molecular complexity index is 1380. The van der Waals surface area contributed by atoms with Gasteiger partial charge in [0, 0.05) is 42.6 Å². The summed E-state index contributed by atoms with van der Waals surface area (Å²) in [5.41, 5.74) is 2.02. The number of tetrazole rings is 1. The highest BCUT2D eigenvalue weighted by molar-refractivity contribution is 5.80. The number of benzene rings is 2. The topological polar surface area (TPSA) is 92.2 Å². The molecule has 0 bridgehead atoms. The van der Waals surface area contributed by atoms with Crippen LogP contribution in [-0.4, -0.2) is 74.3 Å². The summed E-state index contributed by atoms with van der Waals surface area (Å²) in [5.74, 6) is 1.03. The van der Waals surface area contributed by atoms with Gasteiger partial charge in [-0.1, -0.05) is 19.1 Å². The number of halogens is 1. The van der Waals surface area contributed by atoms with Gasteiger partial charge in [0.1, 0.15) is 17.6 Å². The standard InChI is InChI=1S/C26H30FN7O2/c1-3-32-11-13-33(14-12-32)24(25-29-30-31-34(25)17-18-5-7-20(27)8-6-18)22-16-19-15-21(36-4-2)9-10-23(19)28-26(22)35/h5-10,15-16,24H,3-4,11-14,17H2,1-2H3,(H,28,35). The van der Waals surface area contributed by atoms with Crippen LogP contribution in [0.15, 0.2) is 53.3 Å². The minimum Gasteiger partial charge on any atom is -0.494 e. The first-order valence-corrected chi connectivity index (χ1v) is 12.3. The quantitative estimate of drug-likeness (QED) is 0.405. The highest BCUT2D eigenvalue weighted by atomic mass is 19.1. The molecule has 2 aromatic heterocycles. The number of aromatic amines is 1. The molecule has 1 atom stereocenters. The monoisotopic (exact) mass is 491 g/mol. The Morgan fingerprint density at radius 2 is 1.83 bits per heavy atom. The number of nitrogens with one attached hydrogen (secondary N) is 1. The van der Waals surface area contributed by atoms with Gasteiger partial charge in [-0.05, 0) is 65.9 Å². The SMILES string of the molecule is CCOc1ccc2[nH]c(=O)c(C(c3nnnn3Cc3ccc(F)cc3)N3CCN(CC)CC3)cc2c1. The number of likely N-dealkylation sites (N-methyl/N-ethyl adjacent to an activating group) is 1. The molecule has 3 heterocycles. The Morgan fingerprint density at radius 3 is 2.56 bits per heavy atom. The van der Waals surface area contributed by atoms with Gasteiger partial charge in [-0.25, -0.2) is 9.07 Å². The summed E-state index contributed by atoms with van der Waals surface area (Å²) < 4.78 is 20.8. The molecule has 2 aromatic carbocycles. The largest absolute Gasteiger partial charge is 0.494 e. The Balaban J connectivity index is 1.58. The summed E-state index contributed by atoms with van der Waals surface area (Å²) in [6, 6.07) is 13.4. The number of ether oxygens (including phenoxy) is 1. The minimum absolute atomic E-state index is 0.175. The van der Waals surface area contributed by atoms with Crippen LogP contribution in [0.4, 0.5) is 4.39 Å². The Kier molecular flexibility index (Phi) is 7.06. The molecular weight excluding hydrogens is 461 g/mol. The molecular formula is C26H30FN7O2. The van der Waals surface area contributed by atoms with E-state index in [0.717, 1.165) is 54.9 Å². The fourth-order valence-electron chi connectivity index (χ4n) is 4.78. The van der Waals surface area contributed by atoms with Crippen LogP contribution >= 0.6 is 0 Å². The molecule has 0 aliphatic carbocycles. The normalized spacial score (nSPS) is 15.9. The van der Waals surface area contributed by atoms with Crippen LogP contribution in [0.3, 0.4) is 0 Å². The molecule has 4 aromatic rings. The van der Waals surface area contributed by atoms with Gasteiger partial charge in [-0.15, -0.1) is 5.10 Å². The predicted octanol–water partition coefficient (Wildman–Crippen LogP) is 2.83. The molecule has 10 heteroatoms. The molecule has 5 rings (SSSR count). The Morgan fingerprint density at radius 1 is 1.06 bits per heavy atom. The second-order valence-corrected chi connectivity index (χ2v) is 8.93. The maximum absolute atomic E-state index is 13.4. The van der Waals surface area contributed by atoms with Crippen LogP contribution in [0.25, 0.3) is 10.9 Å². The van der Waals surface area contributed by atoms with Gasteiger partial charge in [0.05, 0.1) is 13.2 Å². The number of pyridine rings is 1. The summed E-state index contributed by atoms with van der Waals surface area (Å²) in [7, 11) is 0. The van der Waals surface area contributed by atoms with E-state index in [2.05, 4.69) is 37.2 Å². The van der Waals surface area contributed by atoms with Gasteiger partial charge >= 0.3 is 0 Å². The van der Waals surface area contributed by atoms with Gasteiger partial charge in [0.25, 0.3) is 5.56 Å². The van der Waals surface area contributed by atoms with Crippen LogP contribution in [0, 0.1) is 5.82 Å². The van der Waals surface area contributed by atoms with Crippen molar-refractivity contribution in [2.24, 2.45) is 0 Å². The van der Waals surface area contributed by atoms with E-state index in [1.807, 2.05) is 31.2 Å². The van der Waals surface area contributed by atoms with Crippen LogP contribution < -0.4 is 10.3 Å². The van der Waals surface area contributed by atoms with E-state index in [1.165, 1.54) is 12.1 Å². The molecule has 1 fully saturated rings. The molecule has 1 saturated heterocycles. The van der Waals surface area contributed by atoms with Gasteiger partial charge in [0.2, 0.25) is 0 Å². The van der Waals surface area contributed by atoms with Crippen LogP contribution in [0.5, 0.6) is 5.75 Å². The van der Waals surface area contributed by atoms with Crippen molar-refractivity contribution in [3.05, 3.63) is 81.7 Å². The van der Waals surface area contributed by atoms with Crippen molar-refractivity contribution in [2.75, 3.05) is 39.3 Å². The number of aromatic nitrogens is 5. The molecule has 1 aliphatic rings. The average molecular weight is 492 g/mol. The Labute approximate surface area is 208 Å². The Hall–Kier alpha value is -3.63. The molecule has 1 N–H and O–H groups in total. The zero-order valence-corrected chi connectivity index (χ0v) is 20.5. The van der Waals surface area contributed by atoms with Crippen molar-refractivity contribution < 1.29 is 9.13 Å². The van der Waals surface area contributed by atoms with E-state index >= 15 is 0 Å². The lowest BCUT2D eigenvalue weighted by Gasteiger charge is -2.38. The average Bonchev–Trinajstić information content (AvgIpc) is 3.34. The minimum atomic E-state index is -0.441. The predicted molar refractivity (Wildman–Crippen MR) is 135 cm³/mol. The first-order valence-electron chi connectivity index (χ1n) is 12.3. The molecule has 9 nitrogen and oxygen atoms in total. The van der Waals surface area contributed by atoms with E-state index in [9.17, 15) is 9.18 Å². The second-order valence-electron chi connectivity index (χ2n) is 8.93. The first kappa shape index (κ1) is 24.1. The molecule has 188 valence electrons. The molecule has 1 unspecified atom stereocenters. The number of hydrogen-bond donors (Lipinski definition) is 1. The van der Waals surface area contributed by atoms with Gasteiger partial charge in [0.15, 0.2) is 5.82 Å². The fourth-order valence-corrected chi connectivity index (χ4v) is 4.78.